The highest BCUT2D eigenvalue weighted by molar-refractivity contribution is 9.11. The molecule has 1 aromatic heterocycles. The van der Waals surface area contributed by atoms with Gasteiger partial charge >= 0.3 is 0 Å². The zero-order valence-corrected chi connectivity index (χ0v) is 13.1. The maximum atomic E-state index is 13.9. The van der Waals surface area contributed by atoms with Crippen molar-refractivity contribution in [3.05, 3.63) is 49.3 Å². The van der Waals surface area contributed by atoms with Gasteiger partial charge in [0.25, 0.3) is 0 Å². The molecular formula is C12H8BrCl2FOS. The quantitative estimate of drug-likeness (QED) is 0.636. The fraction of sp³-hybridized carbons (Fsp3) is 0.167. The first kappa shape index (κ1) is 14.1. The predicted molar refractivity (Wildman–Crippen MR) is 77.7 cm³/mol. The van der Waals surface area contributed by atoms with Crippen LogP contribution in [0.3, 0.4) is 0 Å². The van der Waals surface area contributed by atoms with Crippen molar-refractivity contribution in [2.75, 3.05) is 7.11 Å². The normalized spacial score (nSPS) is 12.5. The topological polar surface area (TPSA) is 9.23 Å². The molecule has 1 heterocycles. The molecule has 0 aliphatic heterocycles. The van der Waals surface area contributed by atoms with E-state index >= 15 is 0 Å². The van der Waals surface area contributed by atoms with Crippen molar-refractivity contribution < 1.29 is 9.13 Å². The van der Waals surface area contributed by atoms with Crippen LogP contribution in [0.2, 0.25) is 5.02 Å². The molecule has 0 radical (unpaired) electrons. The first-order valence-corrected chi connectivity index (χ1v) is 7.37. The van der Waals surface area contributed by atoms with Gasteiger partial charge < -0.3 is 4.74 Å². The van der Waals surface area contributed by atoms with Crippen LogP contribution < -0.4 is 4.74 Å². The van der Waals surface area contributed by atoms with Gasteiger partial charge in [0.05, 0.1) is 21.3 Å². The van der Waals surface area contributed by atoms with E-state index in [1.165, 1.54) is 24.5 Å². The summed E-state index contributed by atoms with van der Waals surface area (Å²) in [5, 5.41) is 0.0132. The monoisotopic (exact) mass is 368 g/mol. The number of alkyl halides is 1. The van der Waals surface area contributed by atoms with Gasteiger partial charge in [-0.15, -0.1) is 22.9 Å². The average Bonchev–Trinajstić information content (AvgIpc) is 2.68. The van der Waals surface area contributed by atoms with Crippen LogP contribution in [0.1, 0.15) is 15.8 Å². The number of benzene rings is 1. The smallest absolute Gasteiger partial charge is 0.131 e. The molecule has 1 unspecified atom stereocenters. The summed E-state index contributed by atoms with van der Waals surface area (Å²) in [7, 11) is 1.49. The van der Waals surface area contributed by atoms with E-state index in [2.05, 4.69) is 15.9 Å². The van der Waals surface area contributed by atoms with Crippen molar-refractivity contribution in [3.8, 4) is 5.75 Å². The van der Waals surface area contributed by atoms with E-state index in [1.54, 1.807) is 18.2 Å². The molecule has 1 atom stereocenters. The summed E-state index contributed by atoms with van der Waals surface area (Å²) >= 11 is 16.9. The zero-order chi connectivity index (χ0) is 13.3. The number of halogens is 4. The minimum absolute atomic E-state index is 0.394. The lowest BCUT2D eigenvalue weighted by Gasteiger charge is -2.10. The van der Waals surface area contributed by atoms with Crippen molar-refractivity contribution in [3.63, 3.8) is 0 Å². The fourth-order valence-electron chi connectivity index (χ4n) is 1.48. The van der Waals surface area contributed by atoms with Crippen molar-refractivity contribution in [1.82, 2.24) is 0 Å². The Hall–Kier alpha value is -0.290. The van der Waals surface area contributed by atoms with Gasteiger partial charge in [-0.1, -0.05) is 17.7 Å². The van der Waals surface area contributed by atoms with E-state index in [-0.39, 0.29) is 0 Å². The molecule has 0 spiro atoms. The molecule has 2 aromatic rings. The number of rotatable bonds is 3. The molecular weight excluding hydrogens is 362 g/mol. The lowest BCUT2D eigenvalue weighted by atomic mass is 10.1. The largest absolute Gasteiger partial charge is 0.497 e. The molecule has 0 amide bonds. The Labute approximate surface area is 127 Å². The third-order valence-electron chi connectivity index (χ3n) is 2.39. The second-order valence-corrected chi connectivity index (χ2v) is 6.77. The van der Waals surface area contributed by atoms with Crippen molar-refractivity contribution in [1.29, 1.82) is 0 Å². The van der Waals surface area contributed by atoms with Crippen LogP contribution >= 0.6 is 50.5 Å². The first-order chi connectivity index (χ1) is 8.52. The Bertz CT molecular complexity index is 554. The van der Waals surface area contributed by atoms with E-state index in [4.69, 9.17) is 27.9 Å². The van der Waals surface area contributed by atoms with Gasteiger partial charge in [0.1, 0.15) is 11.6 Å². The van der Waals surface area contributed by atoms with Crippen LogP contribution in [-0.4, -0.2) is 7.11 Å². The lowest BCUT2D eigenvalue weighted by molar-refractivity contribution is 0.411. The molecule has 2 rings (SSSR count). The van der Waals surface area contributed by atoms with Crippen LogP contribution in [0.5, 0.6) is 5.75 Å². The second-order valence-electron chi connectivity index (χ2n) is 3.52. The molecule has 96 valence electrons. The third kappa shape index (κ3) is 2.82. The Morgan fingerprint density at radius 3 is 2.61 bits per heavy atom. The number of methoxy groups -OCH3 is 1. The standard InChI is InChI=1S/C12H8BrCl2FOS/c1-17-6-2-3-7(9(16)4-6)11(15)10-5-8(14)12(13)18-10/h2-5,11H,1H3. The second kappa shape index (κ2) is 5.78. The molecule has 0 bridgehead atoms. The molecule has 0 saturated heterocycles. The van der Waals surface area contributed by atoms with Crippen LogP contribution in [0.25, 0.3) is 0 Å². The van der Waals surface area contributed by atoms with Crippen LogP contribution in [-0.2, 0) is 0 Å². The summed E-state index contributed by atoms with van der Waals surface area (Å²) in [5.74, 6) is 0.0699. The Balaban J connectivity index is 2.36. The molecule has 0 saturated carbocycles. The van der Waals surface area contributed by atoms with Gasteiger partial charge in [0.2, 0.25) is 0 Å². The maximum absolute atomic E-state index is 13.9. The Morgan fingerprint density at radius 2 is 2.11 bits per heavy atom. The molecule has 0 N–H and O–H groups in total. The van der Waals surface area contributed by atoms with Gasteiger partial charge in [-0.3, -0.25) is 0 Å². The highest BCUT2D eigenvalue weighted by Gasteiger charge is 2.19. The average molecular weight is 370 g/mol. The Kier molecular flexibility index (Phi) is 4.54. The minimum atomic E-state index is -0.565. The fourth-order valence-corrected chi connectivity index (χ4v) is 3.60. The zero-order valence-electron chi connectivity index (χ0n) is 9.22. The van der Waals surface area contributed by atoms with E-state index in [1.807, 2.05) is 0 Å². The van der Waals surface area contributed by atoms with Gasteiger partial charge in [-0.2, -0.15) is 0 Å². The van der Waals surface area contributed by atoms with Gasteiger partial charge in [0, 0.05) is 16.5 Å². The van der Waals surface area contributed by atoms with E-state index in [0.29, 0.717) is 16.3 Å². The summed E-state index contributed by atoms with van der Waals surface area (Å²) in [6.07, 6.45) is 0. The van der Waals surface area contributed by atoms with Gasteiger partial charge in [-0.25, -0.2) is 4.39 Å². The number of hydrogen-bond acceptors (Lipinski definition) is 2. The van der Waals surface area contributed by atoms with Crippen molar-refractivity contribution in [2.45, 2.75) is 5.38 Å². The number of hydrogen-bond donors (Lipinski definition) is 0. The van der Waals surface area contributed by atoms with E-state index in [9.17, 15) is 4.39 Å². The Morgan fingerprint density at radius 1 is 1.39 bits per heavy atom. The molecule has 1 nitrogen and oxygen atoms in total. The maximum Gasteiger partial charge on any atom is 0.131 e. The van der Waals surface area contributed by atoms with E-state index < -0.39 is 11.2 Å². The minimum Gasteiger partial charge on any atom is -0.497 e. The lowest BCUT2D eigenvalue weighted by Crippen LogP contribution is -1.95. The number of thiophene rings is 1. The third-order valence-corrected chi connectivity index (χ3v) is 5.53. The summed E-state index contributed by atoms with van der Waals surface area (Å²) in [6, 6.07) is 6.35. The molecule has 0 fully saturated rings. The summed E-state index contributed by atoms with van der Waals surface area (Å²) in [6.45, 7) is 0. The number of ether oxygens (including phenoxy) is 1. The van der Waals surface area contributed by atoms with Crippen LogP contribution in [0.15, 0.2) is 28.1 Å². The predicted octanol–water partition coefficient (Wildman–Crippen LogP) is 5.64. The molecule has 0 aliphatic rings. The first-order valence-electron chi connectivity index (χ1n) is 4.95. The van der Waals surface area contributed by atoms with Gasteiger partial charge in [-0.05, 0) is 28.1 Å². The summed E-state index contributed by atoms with van der Waals surface area (Å²) in [4.78, 5) is 0.789. The molecule has 0 aliphatic carbocycles. The van der Waals surface area contributed by atoms with Crippen molar-refractivity contribution in [2.24, 2.45) is 0 Å². The van der Waals surface area contributed by atoms with Crippen molar-refractivity contribution >= 4 is 50.5 Å². The van der Waals surface area contributed by atoms with Crippen LogP contribution in [0.4, 0.5) is 4.39 Å². The van der Waals surface area contributed by atoms with Crippen LogP contribution in [0, 0.1) is 5.82 Å². The highest BCUT2D eigenvalue weighted by Crippen LogP contribution is 2.41. The highest BCUT2D eigenvalue weighted by atomic mass is 79.9. The van der Waals surface area contributed by atoms with Gasteiger partial charge in [0.15, 0.2) is 0 Å². The molecule has 18 heavy (non-hydrogen) atoms. The van der Waals surface area contributed by atoms with E-state index in [0.717, 1.165) is 8.66 Å². The summed E-state index contributed by atoms with van der Waals surface area (Å²) in [5.41, 5.74) is 0.405. The molecule has 1 aromatic carbocycles. The SMILES string of the molecule is COc1ccc(C(Cl)c2cc(Cl)c(Br)s2)c(F)c1. The molecule has 6 heteroatoms. The summed E-state index contributed by atoms with van der Waals surface area (Å²) < 4.78 is 19.6.